The van der Waals surface area contributed by atoms with E-state index in [2.05, 4.69) is 20.2 Å². The van der Waals surface area contributed by atoms with Crippen molar-refractivity contribution in [1.29, 1.82) is 0 Å². The number of aromatic nitrogens is 2. The Kier molecular flexibility index (Phi) is 4.14. The van der Waals surface area contributed by atoms with Crippen molar-refractivity contribution in [3.8, 4) is 0 Å². The maximum Gasteiger partial charge on any atom is 0.328 e. The third kappa shape index (κ3) is 3.44. The van der Waals surface area contributed by atoms with E-state index in [1.807, 2.05) is 0 Å². The largest absolute Gasteiger partial charge is 0.480 e. The molecule has 0 aliphatic heterocycles. The molecule has 9 heteroatoms. The smallest absolute Gasteiger partial charge is 0.328 e. The first-order valence-corrected chi connectivity index (χ1v) is 5.04. The fourth-order valence-electron chi connectivity index (χ4n) is 0.900. The van der Waals surface area contributed by atoms with E-state index in [-0.39, 0.29) is 0 Å². The van der Waals surface area contributed by atoms with Crippen LogP contribution in [-0.2, 0) is 4.79 Å². The van der Waals surface area contributed by atoms with Gasteiger partial charge in [-0.2, -0.15) is 0 Å². The number of urea groups is 1. The van der Waals surface area contributed by atoms with Crippen LogP contribution in [0.15, 0.2) is 6.20 Å². The number of aliphatic carboxylic acids is 1. The summed E-state index contributed by atoms with van der Waals surface area (Å²) in [6.45, 7) is 1.27. The second-order valence-electron chi connectivity index (χ2n) is 2.94. The molecule has 1 rings (SSSR count). The number of amides is 2. The normalized spacial score (nSPS) is 13.9. The number of anilines is 1. The second-order valence-corrected chi connectivity index (χ2v) is 3.72. The minimum Gasteiger partial charge on any atom is -0.480 e. The lowest BCUT2D eigenvalue weighted by molar-refractivity contribution is -0.141. The maximum absolute atomic E-state index is 11.3. The monoisotopic (exact) mass is 246 g/mol. The minimum atomic E-state index is -1.36. The molecule has 16 heavy (non-hydrogen) atoms. The molecule has 2 atom stereocenters. The molecule has 0 spiro atoms. The van der Waals surface area contributed by atoms with E-state index in [0.717, 1.165) is 11.5 Å². The van der Waals surface area contributed by atoms with Gasteiger partial charge in [0.05, 0.1) is 12.3 Å². The highest BCUT2D eigenvalue weighted by molar-refractivity contribution is 7.10. The lowest BCUT2D eigenvalue weighted by atomic mass is 10.2. The molecule has 0 saturated heterocycles. The van der Waals surface area contributed by atoms with Crippen LogP contribution in [-0.4, -0.2) is 43.9 Å². The van der Waals surface area contributed by atoms with Gasteiger partial charge in [-0.05, 0) is 6.92 Å². The first-order chi connectivity index (χ1) is 7.50. The first kappa shape index (κ1) is 12.3. The summed E-state index contributed by atoms with van der Waals surface area (Å²) < 4.78 is 3.51. The molecule has 0 radical (unpaired) electrons. The number of aliphatic hydroxyl groups is 1. The van der Waals surface area contributed by atoms with Crippen molar-refractivity contribution in [2.75, 3.05) is 5.32 Å². The van der Waals surface area contributed by atoms with Gasteiger partial charge in [0.1, 0.15) is 5.00 Å². The van der Waals surface area contributed by atoms with Gasteiger partial charge in [-0.1, -0.05) is 4.49 Å². The molecule has 0 aliphatic rings. The van der Waals surface area contributed by atoms with Gasteiger partial charge in [-0.3, -0.25) is 5.32 Å². The Hall–Kier alpha value is -1.74. The minimum absolute atomic E-state index is 0.382. The van der Waals surface area contributed by atoms with Crippen molar-refractivity contribution in [2.24, 2.45) is 0 Å². The zero-order valence-electron chi connectivity index (χ0n) is 8.25. The fourth-order valence-corrected chi connectivity index (χ4v) is 1.31. The molecular formula is C7H10N4O4S. The number of aliphatic hydroxyl groups excluding tert-OH is 1. The van der Waals surface area contributed by atoms with E-state index in [9.17, 15) is 9.59 Å². The third-order valence-corrected chi connectivity index (χ3v) is 2.21. The predicted octanol–water partition coefficient (Wildman–Crippen LogP) is -0.506. The van der Waals surface area contributed by atoms with Gasteiger partial charge in [0.15, 0.2) is 6.04 Å². The quantitative estimate of drug-likeness (QED) is 0.567. The molecule has 0 aromatic carbocycles. The van der Waals surface area contributed by atoms with E-state index in [1.165, 1.54) is 13.1 Å². The van der Waals surface area contributed by atoms with Crippen LogP contribution in [0.25, 0.3) is 0 Å². The van der Waals surface area contributed by atoms with Crippen molar-refractivity contribution < 1.29 is 19.8 Å². The third-order valence-electron chi connectivity index (χ3n) is 1.63. The first-order valence-electron chi connectivity index (χ1n) is 4.26. The van der Waals surface area contributed by atoms with Gasteiger partial charge < -0.3 is 15.5 Å². The van der Waals surface area contributed by atoms with Crippen LogP contribution in [0.5, 0.6) is 0 Å². The molecule has 0 aliphatic carbocycles. The summed E-state index contributed by atoms with van der Waals surface area (Å²) in [5.74, 6) is -1.31. The van der Waals surface area contributed by atoms with E-state index in [1.54, 1.807) is 0 Å². The average molecular weight is 246 g/mol. The Morgan fingerprint density at radius 2 is 2.25 bits per heavy atom. The average Bonchev–Trinajstić information content (AvgIpc) is 2.65. The molecule has 1 aromatic heterocycles. The number of carbonyl (C=O) groups excluding carboxylic acids is 1. The zero-order chi connectivity index (χ0) is 12.1. The molecule has 0 unspecified atom stereocenters. The molecule has 0 fully saturated rings. The molecule has 8 nitrogen and oxygen atoms in total. The summed E-state index contributed by atoms with van der Waals surface area (Å²) in [6, 6.07) is -2.10. The molecule has 0 bridgehead atoms. The molecule has 1 heterocycles. The number of carboxylic acids is 1. The van der Waals surface area contributed by atoms with Crippen LogP contribution in [0, 0.1) is 0 Å². The zero-order valence-corrected chi connectivity index (χ0v) is 9.06. The number of hydrogen-bond acceptors (Lipinski definition) is 6. The van der Waals surface area contributed by atoms with E-state index >= 15 is 0 Å². The standard InChI is InChI=1S/C7H10N4O4S/c1-3(12)5(6(13)14)10-7(15)9-4-2-8-11-16-4/h2-3,5,12H,1H3,(H,13,14)(H2,9,10,15)/t3-,5+/m1/s1. The molecule has 2 amide bonds. The highest BCUT2D eigenvalue weighted by Gasteiger charge is 2.24. The summed E-state index contributed by atoms with van der Waals surface area (Å²) in [5.41, 5.74) is 0. The van der Waals surface area contributed by atoms with Gasteiger partial charge in [-0.15, -0.1) is 5.10 Å². The Balaban J connectivity index is 2.52. The number of carboxylic acid groups (broad SMARTS) is 1. The topological polar surface area (TPSA) is 124 Å². The van der Waals surface area contributed by atoms with Crippen LogP contribution in [0.2, 0.25) is 0 Å². The van der Waals surface area contributed by atoms with Crippen LogP contribution < -0.4 is 10.6 Å². The van der Waals surface area contributed by atoms with Crippen molar-refractivity contribution in [2.45, 2.75) is 19.1 Å². The highest BCUT2D eigenvalue weighted by Crippen LogP contribution is 2.08. The SMILES string of the molecule is C[C@@H](O)[C@H](NC(=O)Nc1cnns1)C(=O)O. The molecule has 0 saturated carbocycles. The number of nitrogens with zero attached hydrogens (tertiary/aromatic N) is 2. The fraction of sp³-hybridized carbons (Fsp3) is 0.429. The summed E-state index contributed by atoms with van der Waals surface area (Å²) in [6.07, 6.45) is 0.130. The molecule has 4 N–H and O–H groups in total. The number of hydrogen-bond donors (Lipinski definition) is 4. The van der Waals surface area contributed by atoms with Gasteiger partial charge in [0.2, 0.25) is 0 Å². The highest BCUT2D eigenvalue weighted by atomic mass is 32.1. The van der Waals surface area contributed by atoms with Crippen LogP contribution in [0.1, 0.15) is 6.92 Å². The number of nitrogens with one attached hydrogen (secondary N) is 2. The van der Waals surface area contributed by atoms with Gasteiger partial charge >= 0.3 is 12.0 Å². The lowest BCUT2D eigenvalue weighted by Crippen LogP contribution is -2.49. The van der Waals surface area contributed by atoms with Crippen LogP contribution >= 0.6 is 11.5 Å². The Morgan fingerprint density at radius 1 is 1.56 bits per heavy atom. The Labute approximate surface area is 94.5 Å². The van der Waals surface area contributed by atoms with Gasteiger partial charge in [-0.25, -0.2) is 9.59 Å². The van der Waals surface area contributed by atoms with Crippen molar-refractivity contribution in [3.63, 3.8) is 0 Å². The summed E-state index contributed by atoms with van der Waals surface area (Å²) in [5, 5.41) is 26.1. The molecule has 1 aromatic rings. The molecule has 88 valence electrons. The number of rotatable bonds is 4. The van der Waals surface area contributed by atoms with E-state index < -0.39 is 24.1 Å². The predicted molar refractivity (Wildman–Crippen MR) is 55.2 cm³/mol. The van der Waals surface area contributed by atoms with Gasteiger partial charge in [0, 0.05) is 11.5 Å². The summed E-state index contributed by atoms with van der Waals surface area (Å²) in [7, 11) is 0. The Morgan fingerprint density at radius 3 is 2.69 bits per heavy atom. The lowest BCUT2D eigenvalue weighted by Gasteiger charge is -2.16. The van der Waals surface area contributed by atoms with Crippen LogP contribution in [0.3, 0.4) is 0 Å². The molecular weight excluding hydrogens is 236 g/mol. The van der Waals surface area contributed by atoms with E-state index in [0.29, 0.717) is 5.00 Å². The van der Waals surface area contributed by atoms with Gasteiger partial charge in [0.25, 0.3) is 0 Å². The Bertz CT molecular complexity index is 366. The van der Waals surface area contributed by atoms with E-state index in [4.69, 9.17) is 10.2 Å². The van der Waals surface area contributed by atoms with Crippen molar-refractivity contribution in [1.82, 2.24) is 14.9 Å². The second kappa shape index (κ2) is 5.37. The van der Waals surface area contributed by atoms with Crippen molar-refractivity contribution in [3.05, 3.63) is 6.20 Å². The maximum atomic E-state index is 11.3. The summed E-state index contributed by atoms with van der Waals surface area (Å²) >= 11 is 0.952. The van der Waals surface area contributed by atoms with Crippen LogP contribution in [0.4, 0.5) is 9.80 Å². The number of carbonyl (C=O) groups is 2. The van der Waals surface area contributed by atoms with Crippen molar-refractivity contribution >= 4 is 28.5 Å². The summed E-state index contributed by atoms with van der Waals surface area (Å²) in [4.78, 5) is 21.9.